The lowest BCUT2D eigenvalue weighted by Crippen LogP contribution is -2.47. The zero-order valence-corrected chi connectivity index (χ0v) is 10.3. The molecule has 17 heavy (non-hydrogen) atoms. The van der Waals surface area contributed by atoms with Crippen LogP contribution in [0.5, 0.6) is 0 Å². The Bertz CT molecular complexity index is 383. The Morgan fingerprint density at radius 3 is 3.00 bits per heavy atom. The van der Waals surface area contributed by atoms with Gasteiger partial charge in [0.05, 0.1) is 18.4 Å². The summed E-state index contributed by atoms with van der Waals surface area (Å²) >= 11 is 0. The van der Waals surface area contributed by atoms with Gasteiger partial charge in [0, 0.05) is 25.7 Å². The molecule has 0 radical (unpaired) electrons. The van der Waals surface area contributed by atoms with Crippen molar-refractivity contribution >= 4 is 5.91 Å². The number of carbonyl (C=O) groups excluding carboxylic acids is 1. The highest BCUT2D eigenvalue weighted by atomic mass is 16.5. The van der Waals surface area contributed by atoms with E-state index in [4.69, 9.17) is 4.74 Å². The average molecular weight is 237 g/mol. The number of hydrogen-bond acceptors (Lipinski definition) is 3. The standard InChI is InChI=1S/C12H19N3O2/c1-3-12(16)13-10-6-11(7-10)17-8-9-4-5-15(2)14-9/h4-5,10-11H,3,6-8H2,1-2H3,(H,13,16)/t10-,11+. The number of nitrogens with zero attached hydrogens (tertiary/aromatic N) is 2. The third-order valence-corrected chi connectivity index (χ3v) is 3.02. The average Bonchev–Trinajstić information content (AvgIpc) is 2.67. The summed E-state index contributed by atoms with van der Waals surface area (Å²) in [5.41, 5.74) is 0.952. The first kappa shape index (κ1) is 12.1. The summed E-state index contributed by atoms with van der Waals surface area (Å²) in [5, 5.41) is 7.20. The summed E-state index contributed by atoms with van der Waals surface area (Å²) in [5.74, 6) is 0.123. The molecule has 0 unspecified atom stereocenters. The van der Waals surface area contributed by atoms with Crippen LogP contribution < -0.4 is 5.32 Å². The summed E-state index contributed by atoms with van der Waals surface area (Å²) in [6.07, 6.45) is 4.55. The van der Waals surface area contributed by atoms with E-state index in [0.717, 1.165) is 18.5 Å². The molecule has 1 aliphatic rings. The lowest BCUT2D eigenvalue weighted by Gasteiger charge is -2.35. The summed E-state index contributed by atoms with van der Waals surface area (Å²) in [6.45, 7) is 2.42. The molecule has 0 spiro atoms. The lowest BCUT2D eigenvalue weighted by molar-refractivity contribution is -0.123. The van der Waals surface area contributed by atoms with Gasteiger partial charge in [-0.05, 0) is 18.9 Å². The van der Waals surface area contributed by atoms with E-state index in [1.54, 1.807) is 4.68 Å². The molecule has 5 nitrogen and oxygen atoms in total. The van der Waals surface area contributed by atoms with Crippen LogP contribution in [0.2, 0.25) is 0 Å². The van der Waals surface area contributed by atoms with Crippen LogP contribution >= 0.6 is 0 Å². The molecule has 0 atom stereocenters. The molecule has 1 amide bonds. The Hall–Kier alpha value is -1.36. The molecular weight excluding hydrogens is 218 g/mol. The number of hydrogen-bond donors (Lipinski definition) is 1. The molecule has 1 N–H and O–H groups in total. The van der Waals surface area contributed by atoms with E-state index in [1.165, 1.54) is 0 Å². The molecule has 0 aliphatic heterocycles. The summed E-state index contributed by atoms with van der Waals surface area (Å²) < 4.78 is 7.46. The van der Waals surface area contributed by atoms with E-state index in [1.807, 2.05) is 26.2 Å². The fourth-order valence-corrected chi connectivity index (χ4v) is 1.89. The minimum absolute atomic E-state index is 0.123. The third kappa shape index (κ3) is 3.30. The van der Waals surface area contributed by atoms with Crippen LogP contribution in [0.15, 0.2) is 12.3 Å². The second-order valence-corrected chi connectivity index (χ2v) is 4.50. The van der Waals surface area contributed by atoms with Crippen LogP contribution in [0.4, 0.5) is 0 Å². The van der Waals surface area contributed by atoms with Gasteiger partial charge in [0.15, 0.2) is 0 Å². The van der Waals surface area contributed by atoms with Gasteiger partial charge in [-0.25, -0.2) is 0 Å². The van der Waals surface area contributed by atoms with Crippen molar-refractivity contribution in [3.8, 4) is 0 Å². The van der Waals surface area contributed by atoms with Crippen molar-refractivity contribution in [2.24, 2.45) is 7.05 Å². The van der Waals surface area contributed by atoms with Crippen LogP contribution in [-0.2, 0) is 23.2 Å². The van der Waals surface area contributed by atoms with Gasteiger partial charge >= 0.3 is 0 Å². The topological polar surface area (TPSA) is 56.1 Å². The number of nitrogens with one attached hydrogen (secondary N) is 1. The number of aryl methyl sites for hydroxylation is 1. The number of rotatable bonds is 5. The molecule has 0 saturated heterocycles. The van der Waals surface area contributed by atoms with E-state index >= 15 is 0 Å². The smallest absolute Gasteiger partial charge is 0.219 e. The molecule has 1 fully saturated rings. The van der Waals surface area contributed by atoms with E-state index in [0.29, 0.717) is 19.1 Å². The molecular formula is C12H19N3O2. The van der Waals surface area contributed by atoms with Crippen LogP contribution in [0.3, 0.4) is 0 Å². The quantitative estimate of drug-likeness (QED) is 0.831. The molecule has 1 aliphatic carbocycles. The molecule has 94 valence electrons. The molecule has 1 saturated carbocycles. The molecule has 1 aromatic rings. The van der Waals surface area contributed by atoms with Gasteiger partial charge in [0.25, 0.3) is 0 Å². The van der Waals surface area contributed by atoms with E-state index in [-0.39, 0.29) is 12.0 Å². The Kier molecular flexibility index (Phi) is 3.78. The highest BCUT2D eigenvalue weighted by Crippen LogP contribution is 2.24. The predicted octanol–water partition coefficient (Wildman–Crippen LogP) is 0.994. The van der Waals surface area contributed by atoms with Gasteiger partial charge in [0.2, 0.25) is 5.91 Å². The minimum Gasteiger partial charge on any atom is -0.372 e. The SMILES string of the molecule is CCC(=O)N[C@H]1C[C@@H](OCc2ccn(C)n2)C1. The van der Waals surface area contributed by atoms with Crippen molar-refractivity contribution in [2.45, 2.75) is 44.9 Å². The maximum atomic E-state index is 11.1. The Morgan fingerprint density at radius 2 is 2.41 bits per heavy atom. The molecule has 0 aromatic carbocycles. The number of carbonyl (C=O) groups is 1. The van der Waals surface area contributed by atoms with Gasteiger partial charge in [-0.15, -0.1) is 0 Å². The summed E-state index contributed by atoms with van der Waals surface area (Å²) in [7, 11) is 1.89. The maximum Gasteiger partial charge on any atom is 0.219 e. The van der Waals surface area contributed by atoms with Crippen LogP contribution in [0.1, 0.15) is 31.9 Å². The first-order valence-electron chi connectivity index (χ1n) is 6.07. The monoisotopic (exact) mass is 237 g/mol. The van der Waals surface area contributed by atoms with E-state index < -0.39 is 0 Å². The number of aromatic nitrogens is 2. The Labute approximate surface area is 101 Å². The van der Waals surface area contributed by atoms with Crippen molar-refractivity contribution in [2.75, 3.05) is 0 Å². The van der Waals surface area contributed by atoms with Crippen LogP contribution in [0, 0.1) is 0 Å². The fourth-order valence-electron chi connectivity index (χ4n) is 1.89. The maximum absolute atomic E-state index is 11.1. The fraction of sp³-hybridized carbons (Fsp3) is 0.667. The van der Waals surface area contributed by atoms with Gasteiger partial charge in [-0.3, -0.25) is 9.48 Å². The first-order valence-corrected chi connectivity index (χ1v) is 6.07. The largest absolute Gasteiger partial charge is 0.372 e. The van der Waals surface area contributed by atoms with Crippen molar-refractivity contribution in [1.82, 2.24) is 15.1 Å². The second kappa shape index (κ2) is 5.31. The zero-order chi connectivity index (χ0) is 12.3. The van der Waals surface area contributed by atoms with E-state index in [2.05, 4.69) is 10.4 Å². The van der Waals surface area contributed by atoms with Crippen molar-refractivity contribution in [3.63, 3.8) is 0 Å². The zero-order valence-electron chi connectivity index (χ0n) is 10.3. The Morgan fingerprint density at radius 1 is 1.65 bits per heavy atom. The minimum atomic E-state index is 0.123. The predicted molar refractivity (Wildman–Crippen MR) is 63.2 cm³/mol. The molecule has 0 bridgehead atoms. The summed E-state index contributed by atoms with van der Waals surface area (Å²) in [4.78, 5) is 11.1. The van der Waals surface area contributed by atoms with Crippen molar-refractivity contribution in [3.05, 3.63) is 18.0 Å². The van der Waals surface area contributed by atoms with E-state index in [9.17, 15) is 4.79 Å². The van der Waals surface area contributed by atoms with Crippen LogP contribution in [0.25, 0.3) is 0 Å². The van der Waals surface area contributed by atoms with Gasteiger partial charge in [-0.2, -0.15) is 5.10 Å². The Balaban J connectivity index is 1.63. The molecule has 5 heteroatoms. The number of ether oxygens (including phenoxy) is 1. The summed E-state index contributed by atoms with van der Waals surface area (Å²) in [6, 6.07) is 2.26. The van der Waals surface area contributed by atoms with Gasteiger partial charge in [0.1, 0.15) is 0 Å². The number of amides is 1. The van der Waals surface area contributed by atoms with Gasteiger partial charge < -0.3 is 10.1 Å². The molecule has 1 aromatic heterocycles. The first-order chi connectivity index (χ1) is 8.17. The third-order valence-electron chi connectivity index (χ3n) is 3.02. The van der Waals surface area contributed by atoms with Crippen LogP contribution in [-0.4, -0.2) is 27.8 Å². The van der Waals surface area contributed by atoms with Crippen molar-refractivity contribution in [1.29, 1.82) is 0 Å². The highest BCUT2D eigenvalue weighted by molar-refractivity contribution is 5.75. The highest BCUT2D eigenvalue weighted by Gasteiger charge is 2.30. The van der Waals surface area contributed by atoms with Gasteiger partial charge in [-0.1, -0.05) is 6.92 Å². The second-order valence-electron chi connectivity index (χ2n) is 4.50. The van der Waals surface area contributed by atoms with Crippen molar-refractivity contribution < 1.29 is 9.53 Å². The molecule has 2 rings (SSSR count). The molecule has 1 heterocycles. The lowest BCUT2D eigenvalue weighted by atomic mass is 9.89. The normalized spacial score (nSPS) is 23.2.